The van der Waals surface area contributed by atoms with Crippen molar-refractivity contribution in [1.29, 1.82) is 0 Å². The monoisotopic (exact) mass is 866 g/mol. The van der Waals surface area contributed by atoms with Crippen molar-refractivity contribution in [2.45, 2.75) is 0 Å². The number of carboxylic acids is 1. The zero-order chi connectivity index (χ0) is 20.6. The Hall–Kier alpha value is 1.52. The summed E-state index contributed by atoms with van der Waals surface area (Å²) in [6.07, 6.45) is 3.47. The van der Waals surface area contributed by atoms with Gasteiger partial charge in [0.1, 0.15) is 0 Å². The molecule has 3 rings (SSSR count). The summed E-state index contributed by atoms with van der Waals surface area (Å²) < 4.78 is 2.14. The molecule has 0 atom stereocenters. The van der Waals surface area contributed by atoms with E-state index in [1.54, 1.807) is 42.5 Å². The van der Waals surface area contributed by atoms with E-state index >= 15 is 0 Å². The Balaban J connectivity index is 0.00000225. The molecule has 142 valence electrons. The number of ketones is 1. The summed E-state index contributed by atoms with van der Waals surface area (Å²) in [5.74, 6) is -1.43. The van der Waals surface area contributed by atoms with Gasteiger partial charge >= 0.3 is 59.1 Å². The van der Waals surface area contributed by atoms with Crippen LogP contribution in [-0.2, 0) is 4.79 Å². The van der Waals surface area contributed by atoms with E-state index in [-0.39, 0.29) is 76.2 Å². The topological polar surface area (TPSA) is 80.3 Å². The molecule has 0 saturated carbocycles. The van der Waals surface area contributed by atoms with Gasteiger partial charge in [-0.1, -0.05) is 30.0 Å². The van der Waals surface area contributed by atoms with Gasteiger partial charge in [0.15, 0.2) is 0 Å². The van der Waals surface area contributed by atoms with E-state index in [9.17, 15) is 19.8 Å². The Morgan fingerprint density at radius 1 is 0.833 bits per heavy atom. The van der Waals surface area contributed by atoms with Crippen molar-refractivity contribution in [1.82, 2.24) is 0 Å². The Morgan fingerprint density at radius 3 is 1.77 bits per heavy atom. The number of benzene rings is 2. The fourth-order valence-corrected chi connectivity index (χ4v) is 6.30. The third-order valence-corrected chi connectivity index (χ3v) is 7.20. The number of carbonyl (C=O) groups is 2. The Kier molecular flexibility index (Phi) is 12.6. The van der Waals surface area contributed by atoms with Gasteiger partial charge in [0.25, 0.3) is 0 Å². The second kappa shape index (κ2) is 12.8. The molecule has 0 spiro atoms. The van der Waals surface area contributed by atoms with Crippen molar-refractivity contribution >= 4 is 108 Å². The minimum atomic E-state index is -1.29. The smallest absolute Gasteiger partial charge is 0.871 e. The number of halogens is 4. The van der Waals surface area contributed by atoms with Gasteiger partial charge in [-0.05, 0) is 137 Å². The van der Waals surface area contributed by atoms with Gasteiger partial charge < -0.3 is 15.0 Å². The number of Topliss-reactive ketones (excluding diaryl/α,β-unsaturated/α-hetero) is 1. The van der Waals surface area contributed by atoms with Gasteiger partial charge in [-0.3, -0.25) is 4.79 Å². The zero-order valence-electron chi connectivity index (χ0n) is 15.8. The third kappa shape index (κ3) is 6.56. The molecule has 0 heterocycles. The van der Waals surface area contributed by atoms with E-state index in [2.05, 4.69) is 0 Å². The van der Waals surface area contributed by atoms with E-state index < -0.39 is 5.97 Å². The predicted molar refractivity (Wildman–Crippen MR) is 137 cm³/mol. The van der Waals surface area contributed by atoms with Gasteiger partial charge in [0.2, 0.25) is 5.78 Å². The van der Waals surface area contributed by atoms with Gasteiger partial charge in [-0.15, -0.1) is 0 Å². The van der Waals surface area contributed by atoms with E-state index in [4.69, 9.17) is 0 Å². The average Bonchev–Trinajstić information content (AvgIpc) is 2.64. The van der Waals surface area contributed by atoms with Crippen LogP contribution in [-0.4, -0.2) is 11.8 Å². The summed E-state index contributed by atoms with van der Waals surface area (Å²) in [5, 5.41) is 23.9. The number of carbonyl (C=O) groups excluding carboxylic acids is 2. The van der Waals surface area contributed by atoms with Crippen LogP contribution in [0.25, 0.3) is 5.57 Å². The van der Waals surface area contributed by atoms with Crippen molar-refractivity contribution < 1.29 is 78.9 Å². The van der Waals surface area contributed by atoms with Gasteiger partial charge in [0, 0.05) is 12.7 Å². The molecule has 0 saturated heterocycles. The number of allylic oxidation sites excluding steroid dienone is 5. The second-order valence-corrected chi connectivity index (χ2v) is 10.4. The first-order valence-electron chi connectivity index (χ1n) is 7.71. The van der Waals surface area contributed by atoms with Crippen LogP contribution in [0.5, 0.6) is 5.75 Å². The summed E-state index contributed by atoms with van der Waals surface area (Å²) in [7, 11) is 0. The first-order chi connectivity index (χ1) is 13.2. The summed E-state index contributed by atoms with van der Waals surface area (Å²) in [6.45, 7) is 0. The van der Waals surface area contributed by atoms with Crippen LogP contribution in [0, 0.1) is 7.14 Å². The van der Waals surface area contributed by atoms with Gasteiger partial charge in [0.05, 0.1) is 13.1 Å². The molecule has 0 N–H and O–H groups in total. The van der Waals surface area contributed by atoms with Crippen molar-refractivity contribution in [3.8, 4) is 5.75 Å². The maximum atomic E-state index is 12.2. The van der Waals surface area contributed by atoms with E-state index in [0.717, 1.165) is 0 Å². The van der Waals surface area contributed by atoms with Crippen LogP contribution in [0.15, 0.2) is 61.3 Å². The quantitative estimate of drug-likeness (QED) is 0.275. The molecular weight excluding hydrogens is 858 g/mol. The summed E-state index contributed by atoms with van der Waals surface area (Å²) in [4.78, 5) is 23.9. The summed E-state index contributed by atoms with van der Waals surface area (Å²) >= 11 is 7.90. The molecular formula is C20H8I4Na2O4. The molecule has 2 aromatic carbocycles. The van der Waals surface area contributed by atoms with Crippen LogP contribution in [0.2, 0.25) is 0 Å². The van der Waals surface area contributed by atoms with E-state index in [0.29, 0.717) is 36.6 Å². The Labute approximate surface area is 272 Å². The van der Waals surface area contributed by atoms with Gasteiger partial charge in [-0.2, -0.15) is 0 Å². The molecule has 1 aliphatic rings. The van der Waals surface area contributed by atoms with Crippen LogP contribution in [0.3, 0.4) is 0 Å². The van der Waals surface area contributed by atoms with Crippen molar-refractivity contribution in [3.05, 3.63) is 85.1 Å². The van der Waals surface area contributed by atoms with E-state index in [1.165, 1.54) is 6.07 Å². The van der Waals surface area contributed by atoms with Crippen LogP contribution < -0.4 is 69.3 Å². The Morgan fingerprint density at radius 2 is 1.30 bits per heavy atom. The standard InChI is InChI=1S/C20H10I4O4.2Na/c21-13-5-9(6-14(22)18(13)25)17(10-7-15(23)19(26)16(24)8-10)11-3-1-2-4-12(11)20(27)28;;/h1-8,25H,(H,27,28);;/q;2*+1/p-2. The first kappa shape index (κ1) is 29.6. The fourth-order valence-electron chi connectivity index (χ4n) is 2.77. The number of hydrogen-bond donors (Lipinski definition) is 0. The molecule has 1 aliphatic carbocycles. The fraction of sp³-hybridized carbons (Fsp3) is 0. The summed E-state index contributed by atoms with van der Waals surface area (Å²) in [6, 6.07) is 10.0. The summed E-state index contributed by atoms with van der Waals surface area (Å²) in [5.41, 5.74) is 2.55. The van der Waals surface area contributed by atoms with Gasteiger partial charge in [-0.25, -0.2) is 0 Å². The molecule has 0 aromatic heterocycles. The molecule has 4 nitrogen and oxygen atoms in total. The van der Waals surface area contributed by atoms with Crippen molar-refractivity contribution in [2.24, 2.45) is 0 Å². The molecule has 0 bridgehead atoms. The molecule has 0 aliphatic heterocycles. The number of aromatic carboxylic acids is 1. The number of hydrogen-bond acceptors (Lipinski definition) is 4. The second-order valence-electron chi connectivity index (χ2n) is 5.75. The molecule has 30 heavy (non-hydrogen) atoms. The largest absolute Gasteiger partial charge is 1.00 e. The zero-order valence-corrected chi connectivity index (χ0v) is 28.4. The maximum Gasteiger partial charge on any atom is 1.00 e. The predicted octanol–water partition coefficient (Wildman–Crippen LogP) is -1.64. The van der Waals surface area contributed by atoms with E-state index in [1.807, 2.05) is 90.4 Å². The minimum absolute atomic E-state index is 0. The molecule has 2 aromatic rings. The molecule has 0 unspecified atom stereocenters. The number of rotatable bonds is 3. The van der Waals surface area contributed by atoms with Crippen LogP contribution in [0.4, 0.5) is 0 Å². The van der Waals surface area contributed by atoms with Crippen molar-refractivity contribution in [3.63, 3.8) is 0 Å². The SMILES string of the molecule is O=C1C(I)=CC(=C(c2cc(I)c([O-])c(I)c2)c2ccccc2C(=O)[O-])C=C1I.[Na+].[Na+]. The van der Waals surface area contributed by atoms with Crippen LogP contribution >= 0.6 is 90.4 Å². The number of carboxylic acid groups (broad SMARTS) is 1. The average molecular weight is 866 g/mol. The molecule has 0 radical (unpaired) electrons. The van der Waals surface area contributed by atoms with Crippen molar-refractivity contribution in [2.75, 3.05) is 0 Å². The molecule has 0 fully saturated rings. The normalized spacial score (nSPS) is 12.9. The molecule has 10 heteroatoms. The Bertz CT molecular complexity index is 1080. The first-order valence-corrected chi connectivity index (χ1v) is 12.0. The minimum Gasteiger partial charge on any atom is -0.871 e. The maximum absolute atomic E-state index is 12.2. The third-order valence-electron chi connectivity index (χ3n) is 3.99. The molecule has 0 amide bonds. The van der Waals surface area contributed by atoms with Crippen LogP contribution in [0.1, 0.15) is 21.5 Å².